The fraction of sp³-hybridized carbons (Fsp3) is 0.293. The fourth-order valence-electron chi connectivity index (χ4n) is 6.16. The van der Waals surface area contributed by atoms with Crippen molar-refractivity contribution in [3.05, 3.63) is 119 Å². The average molecular weight is 804 g/mol. The summed E-state index contributed by atoms with van der Waals surface area (Å²) in [6.45, 7) is 21.9. The van der Waals surface area contributed by atoms with Gasteiger partial charge in [-0.25, -0.2) is 0 Å². The van der Waals surface area contributed by atoms with Crippen LogP contribution in [0.25, 0.3) is 21.8 Å². The summed E-state index contributed by atoms with van der Waals surface area (Å²) in [5, 5.41) is 2.59. The second-order valence-corrected chi connectivity index (χ2v) is 14.6. The number of benzene rings is 4. The van der Waals surface area contributed by atoms with Gasteiger partial charge in [-0.2, -0.15) is 4.98 Å². The van der Waals surface area contributed by atoms with Crippen molar-refractivity contribution in [3.8, 4) is 0 Å². The van der Waals surface area contributed by atoms with E-state index in [4.69, 9.17) is 4.98 Å². The Hall–Kier alpha value is -4.12. The van der Waals surface area contributed by atoms with Gasteiger partial charge in [0.25, 0.3) is 0 Å². The van der Waals surface area contributed by atoms with E-state index in [9.17, 15) is 0 Å². The van der Waals surface area contributed by atoms with Gasteiger partial charge in [0.1, 0.15) is 0 Å². The molecule has 3 heterocycles. The van der Waals surface area contributed by atoms with Gasteiger partial charge < -0.3 is 4.98 Å². The van der Waals surface area contributed by atoms with Crippen LogP contribution in [-0.4, -0.2) is 16.0 Å². The molecule has 0 N–H and O–H groups in total. The smallest absolute Gasteiger partial charge is 0.656 e. The number of aromatic nitrogens is 3. The van der Waals surface area contributed by atoms with Crippen LogP contribution < -0.4 is 14.1 Å². The number of hydrogen-bond donors (Lipinski definition) is 0. The Morgan fingerprint density at radius 2 is 0.979 bits per heavy atom. The van der Waals surface area contributed by atoms with Crippen LogP contribution in [0.1, 0.15) is 74.9 Å². The molecular formula is C41H44AuN5+2. The number of nitrogens with zero attached hydrogens (tertiary/aromatic N) is 5. The molecule has 5 nitrogen and oxygen atoms in total. The molecule has 0 saturated heterocycles. The molecule has 0 atom stereocenters. The minimum Gasteiger partial charge on any atom is -0.656 e. The normalized spacial score (nSPS) is 12.6. The summed E-state index contributed by atoms with van der Waals surface area (Å²) < 4.78 is 4.00. The summed E-state index contributed by atoms with van der Waals surface area (Å²) in [6, 6.07) is 29.5. The number of rotatable bonds is 2. The third-order valence-corrected chi connectivity index (χ3v) is 8.63. The van der Waals surface area contributed by atoms with E-state index in [0.29, 0.717) is 0 Å². The zero-order valence-electron chi connectivity index (χ0n) is 29.1. The minimum absolute atomic E-state index is 0. The molecule has 1 aliphatic heterocycles. The van der Waals surface area contributed by atoms with Gasteiger partial charge in [-0.3, -0.25) is 0 Å². The van der Waals surface area contributed by atoms with Gasteiger partial charge in [-0.1, -0.05) is 121 Å². The van der Waals surface area contributed by atoms with E-state index in [-0.39, 0.29) is 33.2 Å². The van der Waals surface area contributed by atoms with Crippen LogP contribution in [-0.2, 0) is 33.2 Å². The molecule has 1 aliphatic rings. The second kappa shape index (κ2) is 12.8. The molecule has 0 bridgehead atoms. The molecule has 7 rings (SSSR count). The van der Waals surface area contributed by atoms with Crippen LogP contribution in [0.2, 0.25) is 0 Å². The minimum atomic E-state index is 0. The van der Waals surface area contributed by atoms with Gasteiger partial charge in [-0.15, -0.1) is 11.0 Å². The first-order valence-electron chi connectivity index (χ1n) is 16.0. The third-order valence-electron chi connectivity index (χ3n) is 8.63. The SMILES string of the molecule is CC(C)(C)c1cccc([N+]2=C=[N+](c3cccc(C(C)(C)C)c3)c3nccnc32)c1.Cc1cc(C)c2[n-]c3c(C)cc(C)cc3c2c1.[Au+]. The topological polar surface area (TPSA) is 45.9 Å². The van der Waals surface area contributed by atoms with Crippen molar-refractivity contribution in [1.29, 1.82) is 0 Å². The molecule has 0 spiro atoms. The second-order valence-electron chi connectivity index (χ2n) is 14.6. The maximum Gasteiger partial charge on any atom is 1.00 e. The standard InChI is InChI=1S/C25H28N4.C16H16N.Au/c1-24(2,3)18-9-7-11-20(15-18)28-17-29(23-22(28)26-13-14-27-23)21-12-8-10-19(16-21)25(4,5)6;1-9-5-11(3)15-13(7-9)14-8-10(2)6-12(4)16(14)17-15;/h7-16H,1-6H3;5-8H,1-4H3;/q+2;-1;+1. The zero-order valence-corrected chi connectivity index (χ0v) is 31.3. The van der Waals surface area contributed by atoms with E-state index in [1.54, 1.807) is 12.4 Å². The summed E-state index contributed by atoms with van der Waals surface area (Å²) in [7, 11) is 0. The fourth-order valence-corrected chi connectivity index (χ4v) is 6.16. The monoisotopic (exact) mass is 803 g/mol. The molecule has 0 unspecified atom stereocenters. The molecule has 6 aromatic rings. The van der Waals surface area contributed by atoms with Gasteiger partial charge in [-0.05, 0) is 84.7 Å². The van der Waals surface area contributed by atoms with Crippen molar-refractivity contribution >= 4 is 50.8 Å². The number of fused-ring (bicyclic) bond motifs is 4. The van der Waals surface area contributed by atoms with Crippen molar-refractivity contribution in [1.82, 2.24) is 24.1 Å². The summed E-state index contributed by atoms with van der Waals surface area (Å²) >= 11 is 0. The molecule has 0 fully saturated rings. The van der Waals surface area contributed by atoms with E-state index in [1.165, 1.54) is 44.2 Å². The maximum atomic E-state index is 4.80. The van der Waals surface area contributed by atoms with Crippen molar-refractivity contribution in [2.45, 2.75) is 80.1 Å². The summed E-state index contributed by atoms with van der Waals surface area (Å²) in [4.78, 5) is 14.0. The van der Waals surface area contributed by atoms with Crippen LogP contribution >= 0.6 is 0 Å². The van der Waals surface area contributed by atoms with E-state index in [1.807, 2.05) is 9.15 Å². The van der Waals surface area contributed by atoms with E-state index < -0.39 is 0 Å². The summed E-state index contributed by atoms with van der Waals surface area (Å²) in [6.07, 6.45) is 3.46. The van der Waals surface area contributed by atoms with Gasteiger partial charge in [0.2, 0.25) is 0 Å². The number of hydrogen-bond acceptors (Lipinski definition) is 2. The Balaban J connectivity index is 0.000000205. The van der Waals surface area contributed by atoms with Crippen LogP contribution in [0.4, 0.5) is 23.0 Å². The Kier molecular flexibility index (Phi) is 9.34. The van der Waals surface area contributed by atoms with E-state index in [2.05, 4.69) is 158 Å². The molecule has 0 aliphatic carbocycles. The average Bonchev–Trinajstić information content (AvgIpc) is 3.57. The summed E-state index contributed by atoms with van der Waals surface area (Å²) in [5.74, 6) is 1.58. The first kappa shape index (κ1) is 34.2. The van der Waals surface area contributed by atoms with Gasteiger partial charge in [0, 0.05) is 4.98 Å². The van der Waals surface area contributed by atoms with Crippen LogP contribution in [0, 0.1) is 27.7 Å². The van der Waals surface area contributed by atoms with Crippen LogP contribution in [0.15, 0.2) is 85.2 Å². The molecule has 242 valence electrons. The van der Waals surface area contributed by atoms with Crippen LogP contribution in [0.5, 0.6) is 0 Å². The number of aryl methyl sites for hydroxylation is 4. The summed E-state index contributed by atoms with van der Waals surface area (Å²) in [5.41, 5.74) is 12.2. The Bertz CT molecular complexity index is 2050. The molecule has 2 aromatic heterocycles. The maximum absolute atomic E-state index is 4.80. The van der Waals surface area contributed by atoms with Gasteiger partial charge >= 0.3 is 40.0 Å². The van der Waals surface area contributed by atoms with Crippen molar-refractivity contribution in [2.24, 2.45) is 0 Å². The molecule has 6 heteroatoms. The van der Waals surface area contributed by atoms with Crippen molar-refractivity contribution < 1.29 is 22.4 Å². The Labute approximate surface area is 294 Å². The first-order chi connectivity index (χ1) is 21.7. The molecule has 0 saturated carbocycles. The van der Waals surface area contributed by atoms with Crippen LogP contribution in [0.3, 0.4) is 0 Å². The van der Waals surface area contributed by atoms with E-state index >= 15 is 0 Å². The zero-order chi connectivity index (χ0) is 33.0. The van der Waals surface area contributed by atoms with Gasteiger partial charge in [0.05, 0.1) is 6.20 Å². The molecular weight excluding hydrogens is 759 g/mol. The predicted molar refractivity (Wildman–Crippen MR) is 194 cm³/mol. The first-order valence-corrected chi connectivity index (χ1v) is 16.0. The Morgan fingerprint density at radius 1 is 0.574 bits per heavy atom. The molecule has 0 radical (unpaired) electrons. The van der Waals surface area contributed by atoms with Crippen molar-refractivity contribution in [3.63, 3.8) is 0 Å². The quantitative estimate of drug-likeness (QED) is 0.129. The Morgan fingerprint density at radius 3 is 1.36 bits per heavy atom. The molecule has 47 heavy (non-hydrogen) atoms. The third kappa shape index (κ3) is 6.81. The molecule has 4 aromatic carbocycles. The van der Waals surface area contributed by atoms with E-state index in [0.717, 1.165) is 34.0 Å². The van der Waals surface area contributed by atoms with Gasteiger partial charge in [0.15, 0.2) is 17.6 Å². The largest absolute Gasteiger partial charge is 1.00 e. The molecule has 0 amide bonds. The predicted octanol–water partition coefficient (Wildman–Crippen LogP) is 10.1. The van der Waals surface area contributed by atoms with Crippen molar-refractivity contribution in [2.75, 3.05) is 0 Å².